The standard InChI is InChI=1S/C4H6NO/c1-2-4(6)3-5/h2,4,6H,1H3. The van der Waals surface area contributed by atoms with Gasteiger partial charge in [0.15, 0.2) is 0 Å². The van der Waals surface area contributed by atoms with Gasteiger partial charge in [-0.2, -0.15) is 5.26 Å². The fraction of sp³-hybridized carbons (Fsp3) is 0.500. The first-order valence-corrected chi connectivity index (χ1v) is 1.68. The number of nitriles is 1. The van der Waals surface area contributed by atoms with Crippen molar-refractivity contribution in [3.05, 3.63) is 6.42 Å². The average Bonchev–Trinajstić information content (AvgIpc) is 1.65. The van der Waals surface area contributed by atoms with Gasteiger partial charge in [0.05, 0.1) is 6.07 Å². The quantitative estimate of drug-likeness (QED) is 0.458. The van der Waals surface area contributed by atoms with Crippen molar-refractivity contribution in [3.8, 4) is 6.07 Å². The van der Waals surface area contributed by atoms with E-state index in [0.29, 0.717) is 0 Å². The molecule has 0 aromatic carbocycles. The molecule has 0 heterocycles. The molecule has 0 amide bonds. The molecule has 0 bridgehead atoms. The second-order valence-corrected chi connectivity index (χ2v) is 0.907. The van der Waals surface area contributed by atoms with E-state index >= 15 is 0 Å². The average molecular weight is 84.1 g/mol. The molecule has 2 nitrogen and oxygen atoms in total. The molecule has 1 radical (unpaired) electrons. The minimum atomic E-state index is -0.884. The maximum absolute atomic E-state index is 8.25. The van der Waals surface area contributed by atoms with Crippen molar-refractivity contribution in [2.24, 2.45) is 0 Å². The Balaban J connectivity index is 3.04. The number of hydrogen-bond donors (Lipinski definition) is 1. The summed E-state index contributed by atoms with van der Waals surface area (Å²) in [5.74, 6) is 0. The molecule has 0 spiro atoms. The molecule has 0 rings (SSSR count). The second-order valence-electron chi connectivity index (χ2n) is 0.907. The van der Waals surface area contributed by atoms with Crippen LogP contribution in [0.15, 0.2) is 0 Å². The van der Waals surface area contributed by atoms with Gasteiger partial charge in [-0.1, -0.05) is 6.92 Å². The summed E-state index contributed by atoms with van der Waals surface area (Å²) in [5.41, 5.74) is 0. The van der Waals surface area contributed by atoms with Crippen molar-refractivity contribution < 1.29 is 5.11 Å². The topological polar surface area (TPSA) is 44.0 Å². The summed E-state index contributed by atoms with van der Waals surface area (Å²) in [7, 11) is 0. The van der Waals surface area contributed by atoms with Gasteiger partial charge in [0.1, 0.15) is 6.10 Å². The summed E-state index contributed by atoms with van der Waals surface area (Å²) in [6, 6.07) is 1.61. The van der Waals surface area contributed by atoms with Gasteiger partial charge in [-0.3, -0.25) is 0 Å². The van der Waals surface area contributed by atoms with E-state index < -0.39 is 6.10 Å². The lowest BCUT2D eigenvalue weighted by Gasteiger charge is -1.86. The minimum Gasteiger partial charge on any atom is -0.378 e. The second kappa shape index (κ2) is 2.67. The summed E-state index contributed by atoms with van der Waals surface area (Å²) < 4.78 is 0. The Hall–Kier alpha value is -0.550. The molecule has 0 aromatic heterocycles. The molecular formula is C4H6NO. The van der Waals surface area contributed by atoms with Crippen molar-refractivity contribution in [2.45, 2.75) is 13.0 Å². The van der Waals surface area contributed by atoms with Gasteiger partial charge in [-0.15, -0.1) is 0 Å². The lowest BCUT2D eigenvalue weighted by atomic mass is 10.3. The van der Waals surface area contributed by atoms with Crippen LogP contribution >= 0.6 is 0 Å². The molecule has 0 saturated carbocycles. The monoisotopic (exact) mass is 84.0 g/mol. The molecular weight excluding hydrogens is 78.1 g/mol. The van der Waals surface area contributed by atoms with E-state index in [0.717, 1.165) is 0 Å². The van der Waals surface area contributed by atoms with Crippen LogP contribution < -0.4 is 0 Å². The molecule has 0 aliphatic heterocycles. The molecule has 33 valence electrons. The number of rotatable bonds is 1. The first-order chi connectivity index (χ1) is 2.81. The van der Waals surface area contributed by atoms with Gasteiger partial charge >= 0.3 is 0 Å². The molecule has 1 N–H and O–H groups in total. The van der Waals surface area contributed by atoms with Crippen LogP contribution in [-0.2, 0) is 0 Å². The third-order valence-electron chi connectivity index (χ3n) is 0.448. The Kier molecular flexibility index (Phi) is 2.43. The zero-order valence-electron chi connectivity index (χ0n) is 3.55. The number of nitrogens with zero attached hydrogens (tertiary/aromatic N) is 1. The van der Waals surface area contributed by atoms with Crippen LogP contribution in [0.2, 0.25) is 0 Å². The molecule has 2 heteroatoms. The minimum absolute atomic E-state index is 0.884. The van der Waals surface area contributed by atoms with Gasteiger partial charge in [-0.25, -0.2) is 0 Å². The molecule has 0 fully saturated rings. The highest BCUT2D eigenvalue weighted by Gasteiger charge is 1.91. The van der Waals surface area contributed by atoms with Crippen LogP contribution in [0.5, 0.6) is 0 Å². The normalized spacial score (nSPS) is 12.8. The molecule has 1 atom stereocenters. The molecule has 0 saturated heterocycles. The number of hydrogen-bond acceptors (Lipinski definition) is 2. The van der Waals surface area contributed by atoms with Crippen molar-refractivity contribution in [2.75, 3.05) is 0 Å². The van der Waals surface area contributed by atoms with Gasteiger partial charge in [0.2, 0.25) is 0 Å². The van der Waals surface area contributed by atoms with Crippen LogP contribution in [-0.4, -0.2) is 11.2 Å². The largest absolute Gasteiger partial charge is 0.378 e. The SMILES string of the molecule is C[CH]C(O)C#N. The van der Waals surface area contributed by atoms with Crippen LogP contribution in [0.4, 0.5) is 0 Å². The van der Waals surface area contributed by atoms with Crippen molar-refractivity contribution in [1.82, 2.24) is 0 Å². The highest BCUT2D eigenvalue weighted by atomic mass is 16.3. The molecule has 6 heavy (non-hydrogen) atoms. The van der Waals surface area contributed by atoms with E-state index in [2.05, 4.69) is 0 Å². The Morgan fingerprint density at radius 2 is 2.50 bits per heavy atom. The third kappa shape index (κ3) is 1.74. The molecule has 0 aliphatic rings. The summed E-state index contributed by atoms with van der Waals surface area (Å²) in [5, 5.41) is 16.1. The molecule has 1 unspecified atom stereocenters. The van der Waals surface area contributed by atoms with Crippen molar-refractivity contribution >= 4 is 0 Å². The van der Waals surface area contributed by atoms with Gasteiger partial charge in [-0.05, 0) is 0 Å². The summed E-state index contributed by atoms with van der Waals surface area (Å²) in [6.07, 6.45) is 0.532. The van der Waals surface area contributed by atoms with E-state index in [1.807, 2.05) is 0 Å². The maximum atomic E-state index is 8.25. The number of aliphatic hydroxyl groups excluding tert-OH is 1. The van der Waals surface area contributed by atoms with Crippen LogP contribution in [0.25, 0.3) is 0 Å². The van der Waals surface area contributed by atoms with Crippen molar-refractivity contribution in [3.63, 3.8) is 0 Å². The summed E-state index contributed by atoms with van der Waals surface area (Å²) >= 11 is 0. The molecule has 0 aliphatic carbocycles. The number of aliphatic hydroxyl groups is 1. The first kappa shape index (κ1) is 5.45. The van der Waals surface area contributed by atoms with Gasteiger partial charge < -0.3 is 5.11 Å². The van der Waals surface area contributed by atoms with E-state index in [-0.39, 0.29) is 0 Å². The predicted octanol–water partition coefficient (Wildman–Crippen LogP) is 0.0951. The fourth-order valence-electron chi connectivity index (χ4n) is 0.0745. The van der Waals surface area contributed by atoms with E-state index in [9.17, 15) is 0 Å². The lowest BCUT2D eigenvalue weighted by Crippen LogP contribution is -1.98. The fourth-order valence-corrected chi connectivity index (χ4v) is 0.0745. The lowest BCUT2D eigenvalue weighted by molar-refractivity contribution is 0.263. The highest BCUT2D eigenvalue weighted by Crippen LogP contribution is 1.80. The summed E-state index contributed by atoms with van der Waals surface area (Å²) in [6.45, 7) is 1.63. The Labute approximate surface area is 37.0 Å². The first-order valence-electron chi connectivity index (χ1n) is 1.68. The van der Waals surface area contributed by atoms with Crippen LogP contribution in [0.3, 0.4) is 0 Å². The van der Waals surface area contributed by atoms with E-state index in [4.69, 9.17) is 10.4 Å². The third-order valence-corrected chi connectivity index (χ3v) is 0.448. The van der Waals surface area contributed by atoms with Crippen LogP contribution in [0, 0.1) is 17.8 Å². The van der Waals surface area contributed by atoms with Gasteiger partial charge in [0.25, 0.3) is 0 Å². The zero-order chi connectivity index (χ0) is 4.99. The smallest absolute Gasteiger partial charge is 0.143 e. The zero-order valence-corrected chi connectivity index (χ0v) is 3.55. The van der Waals surface area contributed by atoms with Crippen molar-refractivity contribution in [1.29, 1.82) is 5.26 Å². The summed E-state index contributed by atoms with van der Waals surface area (Å²) in [4.78, 5) is 0. The highest BCUT2D eigenvalue weighted by molar-refractivity contribution is 4.90. The molecule has 0 aromatic rings. The van der Waals surface area contributed by atoms with Gasteiger partial charge in [0, 0.05) is 6.42 Å². The Bertz CT molecular complexity index is 64.4. The maximum Gasteiger partial charge on any atom is 0.143 e. The Morgan fingerprint density at radius 3 is 2.50 bits per heavy atom. The van der Waals surface area contributed by atoms with Crippen LogP contribution in [0.1, 0.15) is 6.92 Å². The Morgan fingerprint density at radius 1 is 2.00 bits per heavy atom. The van der Waals surface area contributed by atoms with E-state index in [1.165, 1.54) is 6.42 Å². The van der Waals surface area contributed by atoms with E-state index in [1.54, 1.807) is 13.0 Å². The predicted molar refractivity (Wildman–Crippen MR) is 21.6 cm³/mol.